The number of benzene rings is 2. The van der Waals surface area contributed by atoms with Crippen molar-refractivity contribution in [3.8, 4) is 17.2 Å². The summed E-state index contributed by atoms with van der Waals surface area (Å²) in [7, 11) is 0. The van der Waals surface area contributed by atoms with Gasteiger partial charge in [0.15, 0.2) is 5.76 Å². The second-order valence-corrected chi connectivity index (χ2v) is 6.62. The Morgan fingerprint density at radius 3 is 2.18 bits per heavy atom. The van der Waals surface area contributed by atoms with Crippen molar-refractivity contribution < 1.29 is 34.2 Å². The van der Waals surface area contributed by atoms with E-state index in [2.05, 4.69) is 9.84 Å². The van der Waals surface area contributed by atoms with Gasteiger partial charge in [0, 0.05) is 6.07 Å². The Kier molecular flexibility index (Phi) is 7.27. The normalized spacial score (nSPS) is 13.2. The van der Waals surface area contributed by atoms with Crippen LogP contribution in [0.5, 0.6) is 17.2 Å². The molecule has 0 unspecified atom stereocenters. The molecule has 4 rings (SSSR count). The fraction of sp³-hybridized carbons (Fsp3) is 0.0909. The first-order valence-corrected chi connectivity index (χ1v) is 9.53. The molecule has 0 spiro atoms. The molecular weight excluding hydrogens is 434 g/mol. The van der Waals surface area contributed by atoms with Crippen LogP contribution in [0, 0.1) is 10.1 Å². The number of ether oxygens (including phenoxy) is 1. The largest absolute Gasteiger partial charge is 0.508 e. The van der Waals surface area contributed by atoms with Crippen molar-refractivity contribution in [2.45, 2.75) is 0 Å². The van der Waals surface area contributed by atoms with Crippen molar-refractivity contribution in [2.75, 3.05) is 13.2 Å². The van der Waals surface area contributed by atoms with Crippen LogP contribution in [0.3, 0.4) is 0 Å². The minimum atomic E-state index is -0.651. The quantitative estimate of drug-likeness (QED) is 0.227. The molecule has 3 aromatic rings. The second-order valence-electron chi connectivity index (χ2n) is 6.62. The van der Waals surface area contributed by atoms with Gasteiger partial charge in [0.1, 0.15) is 28.8 Å². The van der Waals surface area contributed by atoms with Gasteiger partial charge in [-0.15, -0.1) is 0 Å². The van der Waals surface area contributed by atoms with E-state index in [1.54, 1.807) is 42.5 Å². The van der Waals surface area contributed by atoms with Crippen molar-refractivity contribution >= 4 is 30.3 Å². The standard InChI is InChI=1S/C14H12O3.C8H7N3O5/c15-12-5-3-10(4-6-12)1-2-11-7-13(16)9-14(17)8-11;12-8-10(3-4-15-8)9-5-6-1-2-7(16-6)11(13)14/h1-9,15-17H;1-2,5H,3-4H2. The molecule has 1 saturated heterocycles. The molecule has 33 heavy (non-hydrogen) atoms. The van der Waals surface area contributed by atoms with Crippen molar-refractivity contribution in [1.82, 2.24) is 5.01 Å². The lowest BCUT2D eigenvalue weighted by Crippen LogP contribution is -2.17. The van der Waals surface area contributed by atoms with Gasteiger partial charge in [0.2, 0.25) is 0 Å². The van der Waals surface area contributed by atoms with Crippen molar-refractivity contribution in [3.63, 3.8) is 0 Å². The average Bonchev–Trinajstić information content (AvgIpc) is 3.41. The highest BCUT2D eigenvalue weighted by atomic mass is 16.6. The average molecular weight is 453 g/mol. The third-order valence-electron chi connectivity index (χ3n) is 4.14. The number of phenolic OH excluding ortho intramolecular Hbond substituents is 3. The summed E-state index contributed by atoms with van der Waals surface area (Å²) in [5, 5.41) is 42.9. The number of rotatable bonds is 5. The van der Waals surface area contributed by atoms with Gasteiger partial charge < -0.3 is 24.5 Å². The van der Waals surface area contributed by atoms with E-state index in [4.69, 9.17) is 9.52 Å². The van der Waals surface area contributed by atoms with Crippen molar-refractivity contribution in [1.29, 1.82) is 0 Å². The molecule has 11 heteroatoms. The van der Waals surface area contributed by atoms with Gasteiger partial charge in [0.05, 0.1) is 18.8 Å². The molecule has 2 aromatic carbocycles. The lowest BCUT2D eigenvalue weighted by Gasteiger charge is -2.01. The van der Waals surface area contributed by atoms with Crippen LogP contribution in [0.4, 0.5) is 10.7 Å². The monoisotopic (exact) mass is 453 g/mol. The molecule has 0 atom stereocenters. The minimum Gasteiger partial charge on any atom is -0.508 e. The van der Waals surface area contributed by atoms with E-state index in [1.807, 2.05) is 6.08 Å². The van der Waals surface area contributed by atoms with Crippen LogP contribution in [-0.2, 0) is 4.74 Å². The minimum absolute atomic E-state index is 0.0235. The number of aromatic hydroxyl groups is 3. The summed E-state index contributed by atoms with van der Waals surface area (Å²) < 4.78 is 9.44. The lowest BCUT2D eigenvalue weighted by atomic mass is 10.1. The number of furan rings is 1. The maximum absolute atomic E-state index is 11.0. The smallest absolute Gasteiger partial charge is 0.433 e. The fourth-order valence-corrected chi connectivity index (χ4v) is 2.62. The Bertz CT molecular complexity index is 1160. The predicted octanol–water partition coefficient (Wildman–Crippen LogP) is 3.95. The van der Waals surface area contributed by atoms with Gasteiger partial charge >= 0.3 is 12.0 Å². The van der Waals surface area contributed by atoms with E-state index in [1.165, 1.54) is 24.4 Å². The highest BCUT2D eigenvalue weighted by Gasteiger charge is 2.21. The summed E-state index contributed by atoms with van der Waals surface area (Å²) in [6.45, 7) is 0.645. The molecule has 1 fully saturated rings. The lowest BCUT2D eigenvalue weighted by molar-refractivity contribution is -0.402. The van der Waals surface area contributed by atoms with Crippen LogP contribution in [0.2, 0.25) is 0 Å². The zero-order chi connectivity index (χ0) is 23.8. The van der Waals surface area contributed by atoms with Crippen LogP contribution < -0.4 is 0 Å². The summed E-state index contributed by atoms with van der Waals surface area (Å²) in [6.07, 6.45) is 4.27. The molecule has 0 bridgehead atoms. The number of nitrogens with zero attached hydrogens (tertiary/aromatic N) is 3. The summed E-state index contributed by atoms with van der Waals surface area (Å²) >= 11 is 0. The summed E-state index contributed by atoms with van der Waals surface area (Å²) in [5.41, 5.74) is 1.63. The first-order valence-electron chi connectivity index (χ1n) is 9.53. The third kappa shape index (κ3) is 6.85. The third-order valence-corrected chi connectivity index (χ3v) is 4.14. The van der Waals surface area contributed by atoms with Crippen LogP contribution in [0.25, 0.3) is 12.2 Å². The molecular formula is C22H19N3O8. The van der Waals surface area contributed by atoms with Crippen LogP contribution in [0.15, 0.2) is 64.1 Å². The van der Waals surface area contributed by atoms with Crippen molar-refractivity contribution in [2.24, 2.45) is 5.10 Å². The van der Waals surface area contributed by atoms with Gasteiger partial charge in [-0.2, -0.15) is 10.1 Å². The molecule has 0 saturated carbocycles. The molecule has 1 amide bonds. The number of hydrazone groups is 1. The van der Waals surface area contributed by atoms with E-state index in [9.17, 15) is 25.1 Å². The zero-order valence-corrected chi connectivity index (χ0v) is 17.1. The first kappa shape index (κ1) is 22.9. The number of hydrogen-bond acceptors (Lipinski definition) is 9. The van der Waals surface area contributed by atoms with Crippen LogP contribution in [-0.4, -0.2) is 50.7 Å². The summed E-state index contributed by atoms with van der Waals surface area (Å²) in [5.74, 6) is 0.0970. The Labute approximate surface area is 187 Å². The number of carbonyl (C=O) groups is 1. The molecule has 1 aromatic heterocycles. The number of phenols is 3. The van der Waals surface area contributed by atoms with Gasteiger partial charge in [-0.05, 0) is 41.5 Å². The molecule has 11 nitrogen and oxygen atoms in total. The van der Waals surface area contributed by atoms with Gasteiger partial charge in [-0.3, -0.25) is 10.1 Å². The molecule has 3 N–H and O–H groups in total. The maximum Gasteiger partial charge on any atom is 0.433 e. The van der Waals surface area contributed by atoms with Gasteiger partial charge in [-0.25, -0.2) is 4.79 Å². The number of carbonyl (C=O) groups excluding carboxylic acids is 1. The second kappa shape index (κ2) is 10.5. The van der Waals surface area contributed by atoms with E-state index >= 15 is 0 Å². The Hall–Kier alpha value is -4.80. The van der Waals surface area contributed by atoms with E-state index in [0.717, 1.165) is 10.6 Å². The van der Waals surface area contributed by atoms with Crippen LogP contribution in [0.1, 0.15) is 16.9 Å². The maximum atomic E-state index is 11.0. The SMILES string of the molecule is O=C1OCCN1N=Cc1ccc([N+](=O)[O-])o1.Oc1ccc(C=Cc2cc(O)cc(O)c2)cc1. The molecule has 0 radical (unpaired) electrons. The first-order chi connectivity index (χ1) is 15.8. The Balaban J connectivity index is 0.000000186. The topological polar surface area (TPSA) is 159 Å². The number of nitro groups is 1. The van der Waals surface area contributed by atoms with E-state index in [-0.39, 0.29) is 35.5 Å². The molecule has 170 valence electrons. The Morgan fingerprint density at radius 1 is 0.939 bits per heavy atom. The number of hydrogen-bond donors (Lipinski definition) is 3. The van der Waals surface area contributed by atoms with Crippen molar-refractivity contribution in [3.05, 3.63) is 81.6 Å². The summed E-state index contributed by atoms with van der Waals surface area (Å²) in [4.78, 5) is 20.6. The van der Waals surface area contributed by atoms with Gasteiger partial charge in [-0.1, -0.05) is 24.3 Å². The number of amides is 1. The number of cyclic esters (lactones) is 1. The molecule has 2 heterocycles. The highest BCUT2D eigenvalue weighted by Crippen LogP contribution is 2.22. The Morgan fingerprint density at radius 2 is 1.61 bits per heavy atom. The zero-order valence-electron chi connectivity index (χ0n) is 17.1. The molecule has 1 aliphatic heterocycles. The van der Waals surface area contributed by atoms with Crippen LogP contribution >= 0.6 is 0 Å². The van der Waals surface area contributed by atoms with Gasteiger partial charge in [0.25, 0.3) is 0 Å². The summed E-state index contributed by atoms with van der Waals surface area (Å²) in [6, 6.07) is 13.7. The van der Waals surface area contributed by atoms with E-state index < -0.39 is 11.0 Å². The van der Waals surface area contributed by atoms with E-state index in [0.29, 0.717) is 12.1 Å². The predicted molar refractivity (Wildman–Crippen MR) is 118 cm³/mol. The fourth-order valence-electron chi connectivity index (χ4n) is 2.62. The highest BCUT2D eigenvalue weighted by molar-refractivity contribution is 5.78. The molecule has 0 aliphatic carbocycles. The molecule has 1 aliphatic rings.